The lowest BCUT2D eigenvalue weighted by Gasteiger charge is -1.99. The first-order valence-corrected chi connectivity index (χ1v) is 4.64. The summed E-state index contributed by atoms with van der Waals surface area (Å²) in [6.07, 6.45) is 6.91. The van der Waals surface area contributed by atoms with Crippen LogP contribution in [0.25, 0.3) is 0 Å². The molecule has 1 aliphatic heterocycles. The Morgan fingerprint density at radius 2 is 2.46 bits per heavy atom. The summed E-state index contributed by atoms with van der Waals surface area (Å²) < 4.78 is 0. The third-order valence-corrected chi connectivity index (χ3v) is 1.86. The maximum atomic E-state index is 11.3. The fraction of sp³-hybridized carbons (Fsp3) is 0.333. The summed E-state index contributed by atoms with van der Waals surface area (Å²) in [5.41, 5.74) is 0.426. The Hall–Kier alpha value is -1.03. The summed E-state index contributed by atoms with van der Waals surface area (Å²) in [4.78, 5) is 15.3. The molecule has 3 nitrogen and oxygen atoms in total. The van der Waals surface area contributed by atoms with Crippen molar-refractivity contribution in [1.29, 1.82) is 0 Å². The quantitative estimate of drug-likeness (QED) is 0.634. The summed E-state index contributed by atoms with van der Waals surface area (Å²) in [5.74, 6) is -0.147. The number of nitrogens with zero attached hydrogens (tertiary/aromatic N) is 1. The van der Waals surface area contributed by atoms with Gasteiger partial charge in [-0.3, -0.25) is 9.79 Å². The number of thiol groups is 1. The van der Waals surface area contributed by atoms with E-state index in [1.54, 1.807) is 12.3 Å². The monoisotopic (exact) mass is 196 g/mol. The maximum Gasteiger partial charge on any atom is 0.269 e. The standard InChI is InChI=1S/C9H12N2OS/c1-2-10-9(12)8-4-3-7(13)5-6-11-8/h3-7,13H,2H2,1H3,(H,10,12). The molecule has 0 spiro atoms. The summed E-state index contributed by atoms with van der Waals surface area (Å²) >= 11 is 4.21. The molecule has 13 heavy (non-hydrogen) atoms. The Balaban J connectivity index is 2.70. The number of nitrogens with one attached hydrogen (secondary N) is 1. The molecule has 1 N–H and O–H groups in total. The van der Waals surface area contributed by atoms with Gasteiger partial charge in [0.25, 0.3) is 5.91 Å². The molecule has 0 saturated carbocycles. The van der Waals surface area contributed by atoms with E-state index in [9.17, 15) is 4.79 Å². The molecule has 1 amide bonds. The van der Waals surface area contributed by atoms with Crippen molar-refractivity contribution in [3.8, 4) is 0 Å². The molecule has 1 aliphatic rings. The number of carbonyl (C=O) groups is 1. The van der Waals surface area contributed by atoms with Crippen molar-refractivity contribution in [1.82, 2.24) is 5.32 Å². The summed E-state index contributed by atoms with van der Waals surface area (Å²) in [6.45, 7) is 2.48. The SMILES string of the molecule is CCNC(=O)C1=NC=CC(S)C=C1. The third-order valence-electron chi connectivity index (χ3n) is 1.52. The highest BCUT2D eigenvalue weighted by molar-refractivity contribution is 7.81. The minimum absolute atomic E-state index is 0.0377. The highest BCUT2D eigenvalue weighted by Crippen LogP contribution is 2.03. The fourth-order valence-electron chi connectivity index (χ4n) is 0.894. The fourth-order valence-corrected chi connectivity index (χ4v) is 1.06. The second kappa shape index (κ2) is 4.87. The van der Waals surface area contributed by atoms with Crippen LogP contribution < -0.4 is 5.32 Å². The Morgan fingerprint density at radius 3 is 3.15 bits per heavy atom. The van der Waals surface area contributed by atoms with Gasteiger partial charge in [0.15, 0.2) is 0 Å². The van der Waals surface area contributed by atoms with Gasteiger partial charge < -0.3 is 5.32 Å². The van der Waals surface area contributed by atoms with E-state index in [2.05, 4.69) is 22.9 Å². The largest absolute Gasteiger partial charge is 0.351 e. The lowest BCUT2D eigenvalue weighted by atomic mass is 10.3. The molecule has 0 aromatic carbocycles. The Labute approximate surface area is 83.0 Å². The summed E-state index contributed by atoms with van der Waals surface area (Å²) in [6, 6.07) is 0. The van der Waals surface area contributed by atoms with Gasteiger partial charge in [-0.2, -0.15) is 12.6 Å². The first-order chi connectivity index (χ1) is 6.24. The van der Waals surface area contributed by atoms with Gasteiger partial charge >= 0.3 is 0 Å². The van der Waals surface area contributed by atoms with Crippen LogP contribution in [0.5, 0.6) is 0 Å². The number of aliphatic imine (C=N–C) groups is 1. The van der Waals surface area contributed by atoms with E-state index in [1.165, 1.54) is 0 Å². The predicted molar refractivity (Wildman–Crippen MR) is 57.2 cm³/mol. The average Bonchev–Trinajstić information content (AvgIpc) is 2.30. The highest BCUT2D eigenvalue weighted by atomic mass is 32.1. The first kappa shape index (κ1) is 10.1. The molecule has 0 aromatic heterocycles. The van der Waals surface area contributed by atoms with E-state index in [0.717, 1.165) is 0 Å². The molecule has 0 bridgehead atoms. The predicted octanol–water partition coefficient (Wildman–Crippen LogP) is 0.945. The minimum atomic E-state index is -0.147. The van der Waals surface area contributed by atoms with Crippen LogP contribution in [0.15, 0.2) is 29.4 Å². The van der Waals surface area contributed by atoms with Gasteiger partial charge in [0, 0.05) is 18.0 Å². The van der Waals surface area contributed by atoms with Crippen molar-refractivity contribution in [2.24, 2.45) is 4.99 Å². The molecule has 0 aliphatic carbocycles. The van der Waals surface area contributed by atoms with E-state index in [4.69, 9.17) is 0 Å². The van der Waals surface area contributed by atoms with Gasteiger partial charge in [0.1, 0.15) is 5.71 Å². The van der Waals surface area contributed by atoms with Crippen LogP contribution in [-0.4, -0.2) is 23.4 Å². The van der Waals surface area contributed by atoms with Crippen LogP contribution in [0.2, 0.25) is 0 Å². The second-order valence-corrected chi connectivity index (χ2v) is 3.16. The lowest BCUT2D eigenvalue weighted by Crippen LogP contribution is -2.29. The smallest absolute Gasteiger partial charge is 0.269 e. The number of amides is 1. The maximum absolute atomic E-state index is 11.3. The van der Waals surface area contributed by atoms with Crippen molar-refractivity contribution in [3.63, 3.8) is 0 Å². The van der Waals surface area contributed by atoms with Gasteiger partial charge in [-0.25, -0.2) is 0 Å². The van der Waals surface area contributed by atoms with Gasteiger partial charge in [-0.1, -0.05) is 6.08 Å². The molecule has 1 heterocycles. The molecular formula is C9H12N2OS. The van der Waals surface area contributed by atoms with E-state index >= 15 is 0 Å². The molecule has 70 valence electrons. The molecule has 0 radical (unpaired) electrons. The Kier molecular flexibility index (Phi) is 3.76. The van der Waals surface area contributed by atoms with Crippen molar-refractivity contribution >= 4 is 24.2 Å². The summed E-state index contributed by atoms with van der Waals surface area (Å²) in [7, 11) is 0. The van der Waals surface area contributed by atoms with Crippen molar-refractivity contribution < 1.29 is 4.79 Å². The minimum Gasteiger partial charge on any atom is -0.351 e. The molecule has 0 saturated heterocycles. The van der Waals surface area contributed by atoms with Crippen molar-refractivity contribution in [3.05, 3.63) is 24.4 Å². The third kappa shape index (κ3) is 3.06. The lowest BCUT2D eigenvalue weighted by molar-refractivity contribution is -0.114. The van der Waals surface area contributed by atoms with Gasteiger partial charge in [-0.05, 0) is 19.1 Å². The van der Waals surface area contributed by atoms with E-state index < -0.39 is 0 Å². The van der Waals surface area contributed by atoms with Crippen LogP contribution in [0.4, 0.5) is 0 Å². The van der Waals surface area contributed by atoms with E-state index in [0.29, 0.717) is 12.3 Å². The number of hydrogen-bond acceptors (Lipinski definition) is 3. The highest BCUT2D eigenvalue weighted by Gasteiger charge is 2.07. The number of hydrogen-bond donors (Lipinski definition) is 2. The van der Waals surface area contributed by atoms with Crippen LogP contribution in [-0.2, 0) is 4.79 Å². The number of carbonyl (C=O) groups excluding carboxylic acids is 1. The molecule has 0 aromatic rings. The zero-order valence-corrected chi connectivity index (χ0v) is 8.29. The molecule has 4 heteroatoms. The molecule has 1 atom stereocenters. The van der Waals surface area contributed by atoms with Gasteiger partial charge in [-0.15, -0.1) is 0 Å². The number of rotatable bonds is 2. The molecule has 0 fully saturated rings. The van der Waals surface area contributed by atoms with Crippen LogP contribution in [0.1, 0.15) is 6.92 Å². The topological polar surface area (TPSA) is 41.5 Å². The van der Waals surface area contributed by atoms with Crippen LogP contribution in [0, 0.1) is 0 Å². The van der Waals surface area contributed by atoms with Crippen LogP contribution in [0.3, 0.4) is 0 Å². The van der Waals surface area contributed by atoms with Crippen LogP contribution >= 0.6 is 12.6 Å². The van der Waals surface area contributed by atoms with E-state index in [1.807, 2.05) is 19.1 Å². The van der Waals surface area contributed by atoms with Gasteiger partial charge in [0.2, 0.25) is 0 Å². The van der Waals surface area contributed by atoms with Crippen molar-refractivity contribution in [2.45, 2.75) is 12.2 Å². The van der Waals surface area contributed by atoms with E-state index in [-0.39, 0.29) is 11.2 Å². The zero-order chi connectivity index (χ0) is 9.68. The average molecular weight is 196 g/mol. The Bertz CT molecular complexity index is 281. The normalized spacial score (nSPS) is 20.8. The van der Waals surface area contributed by atoms with Crippen molar-refractivity contribution in [2.75, 3.05) is 6.54 Å². The zero-order valence-electron chi connectivity index (χ0n) is 7.40. The van der Waals surface area contributed by atoms with Gasteiger partial charge in [0.05, 0.1) is 0 Å². The molecule has 1 unspecified atom stereocenters. The Morgan fingerprint density at radius 1 is 1.69 bits per heavy atom. The summed E-state index contributed by atoms with van der Waals surface area (Å²) in [5, 5.41) is 2.72. The molecule has 1 rings (SSSR count). The molecular weight excluding hydrogens is 184 g/mol. The first-order valence-electron chi connectivity index (χ1n) is 4.13. The second-order valence-electron chi connectivity index (χ2n) is 2.57.